The van der Waals surface area contributed by atoms with Crippen LogP contribution in [0.4, 0.5) is 5.69 Å². The second-order valence-corrected chi connectivity index (χ2v) is 5.47. The summed E-state index contributed by atoms with van der Waals surface area (Å²) >= 11 is 0. The van der Waals surface area contributed by atoms with Crippen molar-refractivity contribution in [2.24, 2.45) is 17.6 Å². The van der Waals surface area contributed by atoms with Crippen LogP contribution in [0, 0.1) is 11.8 Å². The molecule has 0 saturated heterocycles. The number of pyridine rings is 1. The van der Waals surface area contributed by atoms with Crippen molar-refractivity contribution in [3.63, 3.8) is 0 Å². The first-order valence-corrected chi connectivity index (χ1v) is 6.75. The van der Waals surface area contributed by atoms with E-state index in [0.717, 1.165) is 17.5 Å². The van der Waals surface area contributed by atoms with Crippen LogP contribution in [0.5, 0.6) is 0 Å². The molecule has 3 heteroatoms. The maximum atomic E-state index is 5.79. The van der Waals surface area contributed by atoms with Crippen molar-refractivity contribution in [2.75, 3.05) is 18.0 Å². The molecule has 0 amide bonds. The van der Waals surface area contributed by atoms with Crippen LogP contribution in [0.25, 0.3) is 0 Å². The second kappa shape index (κ2) is 4.65. The van der Waals surface area contributed by atoms with Crippen LogP contribution in [0.2, 0.25) is 0 Å². The molecule has 0 aliphatic heterocycles. The number of hydrogen-bond donors (Lipinski definition) is 1. The summed E-state index contributed by atoms with van der Waals surface area (Å²) in [6, 6.07) is 4.21. The van der Waals surface area contributed by atoms with Gasteiger partial charge in [0.15, 0.2) is 0 Å². The fourth-order valence-electron chi connectivity index (χ4n) is 2.37. The fraction of sp³-hybridized carbons (Fsp3) is 0.643. The molecule has 2 fully saturated rings. The Kier molecular flexibility index (Phi) is 3.02. The number of nitrogens with two attached hydrogens (primary N) is 1. The molecular formula is C14H21N3. The van der Waals surface area contributed by atoms with Gasteiger partial charge >= 0.3 is 0 Å². The average molecular weight is 231 g/mol. The van der Waals surface area contributed by atoms with E-state index < -0.39 is 0 Å². The molecule has 2 saturated carbocycles. The van der Waals surface area contributed by atoms with Gasteiger partial charge in [0.2, 0.25) is 0 Å². The molecule has 0 bridgehead atoms. The van der Waals surface area contributed by atoms with Gasteiger partial charge in [-0.1, -0.05) is 0 Å². The number of aromatic nitrogens is 1. The maximum Gasteiger partial charge on any atom is 0.0772 e. The Balaban J connectivity index is 1.78. The lowest BCUT2D eigenvalue weighted by Gasteiger charge is -2.26. The minimum absolute atomic E-state index is 0.544. The Bertz CT molecular complexity index is 369. The highest BCUT2D eigenvalue weighted by atomic mass is 15.2. The summed E-state index contributed by atoms with van der Waals surface area (Å²) < 4.78 is 0. The zero-order valence-electron chi connectivity index (χ0n) is 10.3. The topological polar surface area (TPSA) is 42.1 Å². The van der Waals surface area contributed by atoms with Gasteiger partial charge in [0.25, 0.3) is 0 Å². The molecule has 2 N–H and O–H groups in total. The molecule has 0 spiro atoms. The molecule has 3 rings (SSSR count). The van der Waals surface area contributed by atoms with Crippen LogP contribution < -0.4 is 10.6 Å². The van der Waals surface area contributed by atoms with E-state index in [1.807, 2.05) is 12.3 Å². The monoisotopic (exact) mass is 231 g/mol. The SMILES string of the molecule is NCc1ncccc1N(CC1CC1)CC1CC1. The molecule has 3 nitrogen and oxygen atoms in total. The zero-order chi connectivity index (χ0) is 11.7. The first kappa shape index (κ1) is 11.0. The van der Waals surface area contributed by atoms with E-state index in [9.17, 15) is 0 Å². The highest BCUT2D eigenvalue weighted by Crippen LogP contribution is 2.36. The van der Waals surface area contributed by atoms with Crippen molar-refractivity contribution in [1.82, 2.24) is 4.98 Å². The minimum atomic E-state index is 0.544. The summed E-state index contributed by atoms with van der Waals surface area (Å²) in [4.78, 5) is 6.94. The minimum Gasteiger partial charge on any atom is -0.369 e. The highest BCUT2D eigenvalue weighted by Gasteiger charge is 2.30. The third kappa shape index (κ3) is 2.78. The Morgan fingerprint density at radius 3 is 2.35 bits per heavy atom. The van der Waals surface area contributed by atoms with E-state index in [-0.39, 0.29) is 0 Å². The molecule has 92 valence electrons. The van der Waals surface area contributed by atoms with Crippen molar-refractivity contribution < 1.29 is 0 Å². The van der Waals surface area contributed by atoms with Gasteiger partial charge in [-0.25, -0.2) is 0 Å². The quantitative estimate of drug-likeness (QED) is 0.816. The number of nitrogens with zero attached hydrogens (tertiary/aromatic N) is 2. The van der Waals surface area contributed by atoms with Crippen LogP contribution in [0.3, 0.4) is 0 Å². The summed E-state index contributed by atoms with van der Waals surface area (Å²) in [6.45, 7) is 2.95. The predicted octanol–water partition coefficient (Wildman–Crippen LogP) is 2.17. The molecule has 0 atom stereocenters. The normalized spacial score (nSPS) is 19.4. The molecule has 0 radical (unpaired) electrons. The Morgan fingerprint density at radius 2 is 1.82 bits per heavy atom. The van der Waals surface area contributed by atoms with Gasteiger partial charge in [0.05, 0.1) is 11.4 Å². The van der Waals surface area contributed by atoms with Crippen molar-refractivity contribution in [3.05, 3.63) is 24.0 Å². The molecule has 1 aromatic heterocycles. The smallest absolute Gasteiger partial charge is 0.0772 e. The van der Waals surface area contributed by atoms with Gasteiger partial charge in [0, 0.05) is 25.8 Å². The van der Waals surface area contributed by atoms with Gasteiger partial charge in [-0.3, -0.25) is 4.98 Å². The summed E-state index contributed by atoms with van der Waals surface area (Å²) in [7, 11) is 0. The second-order valence-electron chi connectivity index (χ2n) is 5.47. The molecule has 0 aromatic carbocycles. The van der Waals surface area contributed by atoms with Crippen LogP contribution in [0.15, 0.2) is 18.3 Å². The van der Waals surface area contributed by atoms with Crippen LogP contribution in [-0.4, -0.2) is 18.1 Å². The Hall–Kier alpha value is -1.09. The molecule has 17 heavy (non-hydrogen) atoms. The molecule has 2 aliphatic rings. The van der Waals surface area contributed by atoms with Crippen LogP contribution in [-0.2, 0) is 6.54 Å². The lowest BCUT2D eigenvalue weighted by molar-refractivity contribution is 0.674. The largest absolute Gasteiger partial charge is 0.369 e. The number of anilines is 1. The molecule has 0 unspecified atom stereocenters. The number of hydrogen-bond acceptors (Lipinski definition) is 3. The van der Waals surface area contributed by atoms with Gasteiger partial charge in [-0.15, -0.1) is 0 Å². The van der Waals surface area contributed by atoms with E-state index in [4.69, 9.17) is 5.73 Å². The molecule has 2 aliphatic carbocycles. The third-order valence-corrected chi connectivity index (χ3v) is 3.75. The molecule has 1 aromatic rings. The lowest BCUT2D eigenvalue weighted by Crippen LogP contribution is -2.29. The standard InChI is InChI=1S/C14H21N3/c15-8-13-14(2-1-7-16-13)17(9-11-3-4-11)10-12-5-6-12/h1-2,7,11-12H,3-6,8-10,15H2. The maximum absolute atomic E-state index is 5.79. The van der Waals surface area contributed by atoms with E-state index in [2.05, 4.69) is 16.0 Å². The van der Waals surface area contributed by atoms with Crippen LogP contribution in [0.1, 0.15) is 31.4 Å². The first-order valence-electron chi connectivity index (χ1n) is 6.75. The van der Waals surface area contributed by atoms with Crippen molar-refractivity contribution in [2.45, 2.75) is 32.2 Å². The van der Waals surface area contributed by atoms with Crippen LogP contribution >= 0.6 is 0 Å². The highest BCUT2D eigenvalue weighted by molar-refractivity contribution is 5.50. The van der Waals surface area contributed by atoms with Crippen molar-refractivity contribution >= 4 is 5.69 Å². The van der Waals surface area contributed by atoms with Gasteiger partial charge in [0.1, 0.15) is 0 Å². The van der Waals surface area contributed by atoms with Crippen molar-refractivity contribution in [3.8, 4) is 0 Å². The summed E-state index contributed by atoms with van der Waals surface area (Å²) in [5.74, 6) is 1.83. The van der Waals surface area contributed by atoms with Crippen molar-refractivity contribution in [1.29, 1.82) is 0 Å². The Labute approximate surface area is 103 Å². The van der Waals surface area contributed by atoms with E-state index in [1.54, 1.807) is 0 Å². The average Bonchev–Trinajstić information content (AvgIpc) is 3.23. The fourth-order valence-corrected chi connectivity index (χ4v) is 2.37. The van der Waals surface area contributed by atoms with E-state index in [1.165, 1.54) is 44.5 Å². The van der Waals surface area contributed by atoms with E-state index in [0.29, 0.717) is 6.54 Å². The van der Waals surface area contributed by atoms with E-state index >= 15 is 0 Å². The van der Waals surface area contributed by atoms with Gasteiger partial charge < -0.3 is 10.6 Å². The molecule has 1 heterocycles. The third-order valence-electron chi connectivity index (χ3n) is 3.75. The zero-order valence-corrected chi connectivity index (χ0v) is 10.3. The molecular weight excluding hydrogens is 210 g/mol. The summed E-state index contributed by atoms with van der Waals surface area (Å²) in [5.41, 5.74) is 8.11. The Morgan fingerprint density at radius 1 is 1.18 bits per heavy atom. The van der Waals surface area contributed by atoms with Gasteiger partial charge in [-0.05, 0) is 49.7 Å². The first-order chi connectivity index (χ1) is 8.36. The van der Waals surface area contributed by atoms with Gasteiger partial charge in [-0.2, -0.15) is 0 Å². The number of rotatable bonds is 6. The predicted molar refractivity (Wildman–Crippen MR) is 69.8 cm³/mol. The lowest BCUT2D eigenvalue weighted by atomic mass is 10.2. The summed E-state index contributed by atoms with van der Waals surface area (Å²) in [6.07, 6.45) is 7.45. The summed E-state index contributed by atoms with van der Waals surface area (Å²) in [5, 5.41) is 0.